The van der Waals surface area contributed by atoms with Crippen molar-refractivity contribution in [3.8, 4) is 11.1 Å². The molecule has 0 aliphatic carbocycles. The maximum atomic E-state index is 15.8. The largest absolute Gasteiger partial charge is 0.357 e. The molecule has 5 aromatic rings. The van der Waals surface area contributed by atoms with Crippen molar-refractivity contribution in [2.45, 2.75) is 25.3 Å². The van der Waals surface area contributed by atoms with Crippen LogP contribution in [0.2, 0.25) is 0 Å². The molecule has 0 bridgehead atoms. The number of halogens is 2. The fraction of sp³-hybridized carbons (Fsp3) is 0.214. The molecule has 10 heteroatoms. The van der Waals surface area contributed by atoms with Crippen LogP contribution in [0.15, 0.2) is 78.6 Å². The number of pyridine rings is 1. The van der Waals surface area contributed by atoms with Gasteiger partial charge < -0.3 is 4.90 Å². The first-order valence-electron chi connectivity index (χ1n) is 12.3. The standard InChI is InChI=1S/C28H25FN6OS.ClH/c29-24-22(20-10-12-23(31-17-20)34-14-5-2-6-15-34)11-9-21-18-35(33-25(21)24)26(19-7-3-1-4-8-19)27(36)32-28-30-13-16-37-28;/h1,3-4,7-13,16-18,26H,2,5-6,14-15H2,(H,30,32,36);1H. The molecule has 3 aromatic heterocycles. The van der Waals surface area contributed by atoms with Gasteiger partial charge in [-0.15, -0.1) is 23.7 Å². The lowest BCUT2D eigenvalue weighted by atomic mass is 10.0. The lowest BCUT2D eigenvalue weighted by molar-refractivity contribution is -0.118. The number of carbonyl (C=O) groups excluding carboxylic acids is 1. The molecule has 0 spiro atoms. The number of carbonyl (C=O) groups is 1. The van der Waals surface area contributed by atoms with Gasteiger partial charge in [-0.05, 0) is 37.0 Å². The summed E-state index contributed by atoms with van der Waals surface area (Å²) < 4.78 is 17.3. The summed E-state index contributed by atoms with van der Waals surface area (Å²) in [6, 6.07) is 16.0. The van der Waals surface area contributed by atoms with Gasteiger partial charge in [0.1, 0.15) is 11.3 Å². The van der Waals surface area contributed by atoms with Crippen molar-refractivity contribution < 1.29 is 9.18 Å². The van der Waals surface area contributed by atoms with Crippen molar-refractivity contribution in [3.05, 3.63) is 89.9 Å². The van der Waals surface area contributed by atoms with Gasteiger partial charge in [-0.1, -0.05) is 42.5 Å². The Morgan fingerprint density at radius 2 is 1.82 bits per heavy atom. The smallest absolute Gasteiger partial charge is 0.255 e. The minimum absolute atomic E-state index is 0. The highest BCUT2D eigenvalue weighted by atomic mass is 35.5. The molecule has 4 heterocycles. The summed E-state index contributed by atoms with van der Waals surface area (Å²) in [4.78, 5) is 24.3. The van der Waals surface area contributed by atoms with Crippen LogP contribution in [0.25, 0.3) is 22.0 Å². The van der Waals surface area contributed by atoms with Gasteiger partial charge in [-0.3, -0.25) is 14.8 Å². The second-order valence-electron chi connectivity index (χ2n) is 9.07. The third-order valence-corrected chi connectivity index (χ3v) is 7.35. The predicted molar refractivity (Wildman–Crippen MR) is 152 cm³/mol. The SMILES string of the molecule is Cl.O=C(Nc1nccs1)C(c1ccccc1)n1cc2ccc(-c3ccc(N4CCCCC4)nc3)c(F)c2n1. The van der Waals surface area contributed by atoms with Crippen molar-refractivity contribution in [1.29, 1.82) is 0 Å². The zero-order valence-corrected chi connectivity index (χ0v) is 22.1. The van der Waals surface area contributed by atoms with Crippen molar-refractivity contribution in [2.75, 3.05) is 23.3 Å². The van der Waals surface area contributed by atoms with Crippen molar-refractivity contribution in [3.63, 3.8) is 0 Å². The Bertz CT molecular complexity index is 1520. The Morgan fingerprint density at radius 3 is 2.53 bits per heavy atom. The monoisotopic (exact) mass is 548 g/mol. The number of benzene rings is 2. The zero-order valence-electron chi connectivity index (χ0n) is 20.5. The van der Waals surface area contributed by atoms with E-state index in [1.54, 1.807) is 30.0 Å². The van der Waals surface area contributed by atoms with E-state index >= 15 is 4.39 Å². The van der Waals surface area contributed by atoms with Crippen LogP contribution in [0.1, 0.15) is 30.9 Å². The normalized spacial score (nSPS) is 14.2. The highest BCUT2D eigenvalue weighted by Crippen LogP contribution is 2.31. The second-order valence-corrected chi connectivity index (χ2v) is 9.96. The summed E-state index contributed by atoms with van der Waals surface area (Å²) in [6.45, 7) is 2.01. The Labute approximate surface area is 229 Å². The number of piperidine rings is 1. The molecule has 1 fully saturated rings. The molecule has 1 N–H and O–H groups in total. The molecular formula is C28H26ClFN6OS. The highest BCUT2D eigenvalue weighted by Gasteiger charge is 2.26. The molecule has 194 valence electrons. The minimum Gasteiger partial charge on any atom is -0.357 e. The average Bonchev–Trinajstić information content (AvgIpc) is 3.61. The molecule has 1 saturated heterocycles. The first-order chi connectivity index (χ1) is 18.2. The van der Waals surface area contributed by atoms with E-state index in [-0.39, 0.29) is 23.8 Å². The number of fused-ring (bicyclic) bond motifs is 1. The van der Waals surface area contributed by atoms with Crippen LogP contribution >= 0.6 is 23.7 Å². The number of nitrogens with one attached hydrogen (secondary N) is 1. The third kappa shape index (κ3) is 5.12. The van der Waals surface area contributed by atoms with E-state index in [1.165, 1.54) is 35.3 Å². The maximum absolute atomic E-state index is 15.8. The average molecular weight is 549 g/mol. The molecule has 7 nitrogen and oxygen atoms in total. The van der Waals surface area contributed by atoms with Gasteiger partial charge in [-0.25, -0.2) is 14.4 Å². The van der Waals surface area contributed by atoms with Crippen LogP contribution in [0, 0.1) is 5.82 Å². The number of nitrogens with zero attached hydrogens (tertiary/aromatic N) is 5. The molecule has 6 rings (SSSR count). The molecule has 1 aliphatic heterocycles. The number of amides is 1. The van der Waals surface area contributed by atoms with E-state index in [0.29, 0.717) is 21.6 Å². The van der Waals surface area contributed by atoms with Gasteiger partial charge in [-0.2, -0.15) is 5.10 Å². The number of hydrogen-bond acceptors (Lipinski definition) is 6. The van der Waals surface area contributed by atoms with Crippen LogP contribution in [0.5, 0.6) is 0 Å². The van der Waals surface area contributed by atoms with Gasteiger partial charge in [0.2, 0.25) is 0 Å². The van der Waals surface area contributed by atoms with Gasteiger partial charge in [0.25, 0.3) is 5.91 Å². The van der Waals surface area contributed by atoms with Crippen LogP contribution in [0.4, 0.5) is 15.3 Å². The Balaban J connectivity index is 0.00000294. The third-order valence-electron chi connectivity index (χ3n) is 6.66. The second kappa shape index (κ2) is 11.3. The molecule has 1 amide bonds. The summed E-state index contributed by atoms with van der Waals surface area (Å²) in [7, 11) is 0. The molecule has 1 atom stereocenters. The summed E-state index contributed by atoms with van der Waals surface area (Å²) in [5.74, 6) is 0.189. The topological polar surface area (TPSA) is 75.9 Å². The molecule has 2 aromatic carbocycles. The van der Waals surface area contributed by atoms with Crippen LogP contribution in [-0.4, -0.2) is 38.7 Å². The summed E-state index contributed by atoms with van der Waals surface area (Å²) in [6.07, 6.45) is 8.65. The van der Waals surface area contributed by atoms with Crippen molar-refractivity contribution in [2.24, 2.45) is 0 Å². The minimum atomic E-state index is -0.786. The zero-order chi connectivity index (χ0) is 25.2. The van der Waals surface area contributed by atoms with Gasteiger partial charge in [0.15, 0.2) is 17.0 Å². The number of aromatic nitrogens is 4. The van der Waals surface area contributed by atoms with E-state index in [4.69, 9.17) is 0 Å². The number of hydrogen-bond donors (Lipinski definition) is 1. The van der Waals surface area contributed by atoms with Crippen molar-refractivity contribution >= 4 is 51.5 Å². The molecule has 38 heavy (non-hydrogen) atoms. The predicted octanol–water partition coefficient (Wildman–Crippen LogP) is 6.33. The van der Waals surface area contributed by atoms with Crippen LogP contribution in [-0.2, 0) is 4.79 Å². The number of anilines is 2. The fourth-order valence-electron chi connectivity index (χ4n) is 4.80. The summed E-state index contributed by atoms with van der Waals surface area (Å²) >= 11 is 1.33. The van der Waals surface area contributed by atoms with E-state index in [2.05, 4.69) is 25.3 Å². The first kappa shape index (κ1) is 25.8. The van der Waals surface area contributed by atoms with E-state index in [9.17, 15) is 4.79 Å². The van der Waals surface area contributed by atoms with Crippen LogP contribution in [0.3, 0.4) is 0 Å². The van der Waals surface area contributed by atoms with Gasteiger partial charge in [0, 0.05) is 53.6 Å². The van der Waals surface area contributed by atoms with Gasteiger partial charge in [0.05, 0.1) is 0 Å². The summed E-state index contributed by atoms with van der Waals surface area (Å²) in [5.41, 5.74) is 2.07. The lowest BCUT2D eigenvalue weighted by Gasteiger charge is -2.27. The van der Waals surface area contributed by atoms with E-state index < -0.39 is 11.9 Å². The van der Waals surface area contributed by atoms with E-state index in [0.717, 1.165) is 24.5 Å². The van der Waals surface area contributed by atoms with Gasteiger partial charge >= 0.3 is 0 Å². The van der Waals surface area contributed by atoms with E-state index in [1.807, 2.05) is 48.5 Å². The number of thiazole rings is 1. The lowest BCUT2D eigenvalue weighted by Crippen LogP contribution is -2.29. The number of rotatable bonds is 6. The quantitative estimate of drug-likeness (QED) is 0.268. The molecule has 0 saturated carbocycles. The van der Waals surface area contributed by atoms with Crippen molar-refractivity contribution in [1.82, 2.24) is 19.7 Å². The first-order valence-corrected chi connectivity index (χ1v) is 13.2. The highest BCUT2D eigenvalue weighted by molar-refractivity contribution is 7.13. The fourth-order valence-corrected chi connectivity index (χ4v) is 5.33. The molecular weight excluding hydrogens is 523 g/mol. The molecule has 0 radical (unpaired) electrons. The van der Waals surface area contributed by atoms with Crippen LogP contribution < -0.4 is 10.2 Å². The Hall–Kier alpha value is -3.82. The Kier molecular flexibility index (Phi) is 7.67. The molecule has 1 aliphatic rings. The Morgan fingerprint density at radius 1 is 1.00 bits per heavy atom. The summed E-state index contributed by atoms with van der Waals surface area (Å²) in [5, 5.41) is 10.3. The maximum Gasteiger partial charge on any atom is 0.255 e. The molecule has 1 unspecified atom stereocenters.